The first-order chi connectivity index (χ1) is 14.2. The summed E-state index contributed by atoms with van der Waals surface area (Å²) in [7, 11) is 0. The van der Waals surface area contributed by atoms with Crippen LogP contribution in [-0.4, -0.2) is 41.3 Å². The molecular formula is C24H32BrN3O3. The van der Waals surface area contributed by atoms with Crippen molar-refractivity contribution in [2.24, 2.45) is 5.73 Å². The standard InChI is InChI=1S/C24H31N3O3.BrH/c1-24(2,3)19-12-17(13-21(22(19)29)30-11-7-6-10-25)20(28)15-27-14-16-8-4-5-9-18(16)23(27)26;/h4-5,8-9,12-13,26,29H,6-7,10-11,14-15,25H2,1-3H3;1H. The number of ether oxygens (including phenoxy) is 1. The molecule has 0 amide bonds. The van der Waals surface area contributed by atoms with Gasteiger partial charge in [-0.25, -0.2) is 0 Å². The Hall–Kier alpha value is -2.38. The number of aromatic hydroxyl groups is 1. The molecule has 0 unspecified atom stereocenters. The van der Waals surface area contributed by atoms with E-state index in [0.717, 1.165) is 24.0 Å². The third-order valence-electron chi connectivity index (χ3n) is 5.35. The first-order valence-corrected chi connectivity index (χ1v) is 10.4. The monoisotopic (exact) mass is 489 g/mol. The number of carbonyl (C=O) groups is 1. The second kappa shape index (κ2) is 10.3. The summed E-state index contributed by atoms with van der Waals surface area (Å²) in [6.45, 7) is 7.63. The summed E-state index contributed by atoms with van der Waals surface area (Å²) in [5.74, 6) is 0.660. The summed E-state index contributed by atoms with van der Waals surface area (Å²) >= 11 is 0. The van der Waals surface area contributed by atoms with Gasteiger partial charge in [0.05, 0.1) is 13.2 Å². The molecular weight excluding hydrogens is 458 g/mol. The van der Waals surface area contributed by atoms with E-state index in [0.29, 0.717) is 42.4 Å². The zero-order chi connectivity index (χ0) is 21.9. The zero-order valence-electron chi connectivity index (χ0n) is 18.4. The van der Waals surface area contributed by atoms with Crippen LogP contribution in [-0.2, 0) is 12.0 Å². The molecule has 0 radical (unpaired) electrons. The van der Waals surface area contributed by atoms with E-state index in [1.54, 1.807) is 17.0 Å². The highest BCUT2D eigenvalue weighted by atomic mass is 79.9. The Balaban J connectivity index is 0.00000341. The maximum Gasteiger partial charge on any atom is 0.182 e. The maximum absolute atomic E-state index is 13.1. The fourth-order valence-corrected chi connectivity index (χ4v) is 3.62. The summed E-state index contributed by atoms with van der Waals surface area (Å²) in [5, 5.41) is 19.1. The topological polar surface area (TPSA) is 99.6 Å². The van der Waals surface area contributed by atoms with Crippen molar-refractivity contribution in [1.82, 2.24) is 4.90 Å². The number of amidine groups is 1. The van der Waals surface area contributed by atoms with Crippen LogP contribution in [0, 0.1) is 5.41 Å². The SMILES string of the molecule is Br.CC(C)(C)c1cc(C(=O)CN2Cc3ccccc3C2=N)cc(OCCCCN)c1O. The number of fused-ring (bicyclic) bond motifs is 1. The molecule has 1 aliphatic rings. The molecule has 0 atom stereocenters. The highest BCUT2D eigenvalue weighted by Crippen LogP contribution is 2.39. The van der Waals surface area contributed by atoms with E-state index in [1.807, 2.05) is 45.0 Å². The number of ketones is 1. The van der Waals surface area contributed by atoms with Crippen molar-refractivity contribution in [3.63, 3.8) is 0 Å². The van der Waals surface area contributed by atoms with Crippen molar-refractivity contribution >= 4 is 28.6 Å². The Morgan fingerprint density at radius 1 is 1.23 bits per heavy atom. The molecule has 3 rings (SSSR count). The number of phenolic OH excluding ortho intramolecular Hbond substituents is 1. The number of nitrogens with two attached hydrogens (primary N) is 1. The maximum atomic E-state index is 13.1. The molecule has 4 N–H and O–H groups in total. The van der Waals surface area contributed by atoms with E-state index >= 15 is 0 Å². The molecule has 2 aromatic carbocycles. The lowest BCUT2D eigenvalue weighted by atomic mass is 9.84. The van der Waals surface area contributed by atoms with Crippen LogP contribution in [0.3, 0.4) is 0 Å². The van der Waals surface area contributed by atoms with Crippen LogP contribution in [0.2, 0.25) is 0 Å². The summed E-state index contributed by atoms with van der Waals surface area (Å²) < 4.78 is 5.79. The van der Waals surface area contributed by atoms with Gasteiger partial charge in [0.2, 0.25) is 0 Å². The fourth-order valence-electron chi connectivity index (χ4n) is 3.62. The van der Waals surface area contributed by atoms with Crippen LogP contribution in [0.25, 0.3) is 0 Å². The Labute approximate surface area is 194 Å². The molecule has 7 heteroatoms. The summed E-state index contributed by atoms with van der Waals surface area (Å²) in [5.41, 5.74) is 8.25. The van der Waals surface area contributed by atoms with Gasteiger partial charge in [-0.3, -0.25) is 10.2 Å². The van der Waals surface area contributed by atoms with Crippen molar-refractivity contribution in [3.05, 3.63) is 58.7 Å². The van der Waals surface area contributed by atoms with Gasteiger partial charge in [-0.2, -0.15) is 0 Å². The number of unbranched alkanes of at least 4 members (excludes halogenated alkanes) is 1. The van der Waals surface area contributed by atoms with Crippen molar-refractivity contribution in [2.75, 3.05) is 19.7 Å². The van der Waals surface area contributed by atoms with E-state index in [2.05, 4.69) is 0 Å². The number of Topliss-reactive ketones (excluding diaryl/α,β-unsaturated/α-hetero) is 1. The van der Waals surface area contributed by atoms with Crippen molar-refractivity contribution in [2.45, 2.75) is 45.6 Å². The predicted octanol–water partition coefficient (Wildman–Crippen LogP) is 4.41. The average molecular weight is 490 g/mol. The Morgan fingerprint density at radius 2 is 1.94 bits per heavy atom. The number of rotatable bonds is 8. The lowest BCUT2D eigenvalue weighted by Gasteiger charge is -2.24. The second-order valence-electron chi connectivity index (χ2n) is 8.75. The average Bonchev–Trinajstić information content (AvgIpc) is 3.01. The number of nitrogens with one attached hydrogen (secondary N) is 1. The lowest BCUT2D eigenvalue weighted by Crippen LogP contribution is -2.30. The van der Waals surface area contributed by atoms with E-state index in [1.165, 1.54) is 0 Å². The van der Waals surface area contributed by atoms with Gasteiger partial charge in [0, 0.05) is 23.2 Å². The van der Waals surface area contributed by atoms with Gasteiger partial charge in [-0.05, 0) is 42.5 Å². The smallest absolute Gasteiger partial charge is 0.182 e. The molecule has 0 aliphatic carbocycles. The second-order valence-corrected chi connectivity index (χ2v) is 8.75. The summed E-state index contributed by atoms with van der Waals surface area (Å²) in [4.78, 5) is 14.9. The van der Waals surface area contributed by atoms with Crippen LogP contribution in [0.15, 0.2) is 36.4 Å². The van der Waals surface area contributed by atoms with Crippen LogP contribution in [0.4, 0.5) is 0 Å². The van der Waals surface area contributed by atoms with Gasteiger partial charge in [0.15, 0.2) is 17.3 Å². The summed E-state index contributed by atoms with van der Waals surface area (Å²) in [6.07, 6.45) is 1.62. The first-order valence-electron chi connectivity index (χ1n) is 10.4. The number of phenols is 1. The van der Waals surface area contributed by atoms with Gasteiger partial charge < -0.3 is 20.5 Å². The Kier molecular flexibility index (Phi) is 8.26. The predicted molar refractivity (Wildman–Crippen MR) is 129 cm³/mol. The normalized spacial score (nSPS) is 13.0. The molecule has 0 saturated heterocycles. The van der Waals surface area contributed by atoms with Gasteiger partial charge >= 0.3 is 0 Å². The molecule has 2 aromatic rings. The fraction of sp³-hybridized carbons (Fsp3) is 0.417. The Bertz CT molecular complexity index is 954. The number of hydrogen-bond donors (Lipinski definition) is 3. The molecule has 0 aromatic heterocycles. The largest absolute Gasteiger partial charge is 0.504 e. The number of carbonyl (C=O) groups excluding carboxylic acids is 1. The zero-order valence-corrected chi connectivity index (χ0v) is 20.1. The minimum Gasteiger partial charge on any atom is -0.504 e. The molecule has 0 bridgehead atoms. The Morgan fingerprint density at radius 3 is 2.58 bits per heavy atom. The van der Waals surface area contributed by atoms with E-state index in [-0.39, 0.29) is 40.5 Å². The van der Waals surface area contributed by atoms with Crippen LogP contribution in [0.5, 0.6) is 11.5 Å². The van der Waals surface area contributed by atoms with E-state index < -0.39 is 0 Å². The lowest BCUT2D eigenvalue weighted by molar-refractivity contribution is 0.0962. The number of nitrogens with zero attached hydrogens (tertiary/aromatic N) is 1. The van der Waals surface area contributed by atoms with Crippen molar-refractivity contribution in [3.8, 4) is 11.5 Å². The number of hydrogen-bond acceptors (Lipinski definition) is 5. The summed E-state index contributed by atoms with van der Waals surface area (Å²) in [6, 6.07) is 11.1. The van der Waals surface area contributed by atoms with Gasteiger partial charge in [-0.15, -0.1) is 17.0 Å². The third-order valence-corrected chi connectivity index (χ3v) is 5.35. The van der Waals surface area contributed by atoms with Gasteiger partial charge in [-0.1, -0.05) is 45.0 Å². The number of benzene rings is 2. The molecule has 31 heavy (non-hydrogen) atoms. The molecule has 0 saturated carbocycles. The van der Waals surface area contributed by atoms with Gasteiger partial charge in [0.1, 0.15) is 5.84 Å². The molecule has 1 heterocycles. The van der Waals surface area contributed by atoms with Crippen LogP contribution >= 0.6 is 17.0 Å². The molecule has 168 valence electrons. The molecule has 0 fully saturated rings. The third kappa shape index (κ3) is 5.66. The van der Waals surface area contributed by atoms with Crippen molar-refractivity contribution in [1.29, 1.82) is 5.41 Å². The minimum atomic E-state index is -0.355. The molecule has 0 spiro atoms. The molecule has 1 aliphatic heterocycles. The van der Waals surface area contributed by atoms with E-state index in [9.17, 15) is 9.90 Å². The molecule has 6 nitrogen and oxygen atoms in total. The highest BCUT2D eigenvalue weighted by Gasteiger charge is 2.28. The van der Waals surface area contributed by atoms with Gasteiger partial charge in [0.25, 0.3) is 0 Å². The van der Waals surface area contributed by atoms with Crippen LogP contribution < -0.4 is 10.5 Å². The first kappa shape index (κ1) is 24.9. The highest BCUT2D eigenvalue weighted by molar-refractivity contribution is 8.93. The van der Waals surface area contributed by atoms with Crippen molar-refractivity contribution < 1.29 is 14.6 Å². The van der Waals surface area contributed by atoms with E-state index in [4.69, 9.17) is 15.9 Å². The number of halogens is 1. The quantitative estimate of drug-likeness (QED) is 0.376. The van der Waals surface area contributed by atoms with Crippen LogP contribution in [0.1, 0.15) is 60.7 Å². The minimum absolute atomic E-state index is 0.